The molecule has 1 aromatic rings. The predicted octanol–water partition coefficient (Wildman–Crippen LogP) is 1.56. The number of carbonyl (C=O) groups excluding carboxylic acids is 1. The second kappa shape index (κ2) is 6.21. The maximum atomic E-state index is 12.4. The highest BCUT2D eigenvalue weighted by molar-refractivity contribution is 5.86. The lowest BCUT2D eigenvalue weighted by Crippen LogP contribution is -2.53. The number of halogens is 3. The summed E-state index contributed by atoms with van der Waals surface area (Å²) in [5.41, 5.74) is 3.70. The summed E-state index contributed by atoms with van der Waals surface area (Å²) in [5.74, 6) is -0.364. The number of hydrogen-bond acceptors (Lipinski definition) is 4. The van der Waals surface area contributed by atoms with Gasteiger partial charge in [0.25, 0.3) is 0 Å². The van der Waals surface area contributed by atoms with Gasteiger partial charge in [0.05, 0.1) is 20.8 Å². The van der Waals surface area contributed by atoms with Crippen LogP contribution in [0.25, 0.3) is 0 Å². The number of nitrogens with one attached hydrogen (secondary N) is 1. The van der Waals surface area contributed by atoms with Crippen molar-refractivity contribution in [3.05, 3.63) is 23.8 Å². The van der Waals surface area contributed by atoms with Crippen molar-refractivity contribution in [3.8, 4) is 11.5 Å². The van der Waals surface area contributed by atoms with Crippen LogP contribution in [0.2, 0.25) is 0 Å². The van der Waals surface area contributed by atoms with E-state index in [4.69, 9.17) is 15.2 Å². The number of carbonyl (C=O) groups is 1. The Bertz CT molecular complexity index is 520. The average Bonchev–Trinajstić information content (AvgIpc) is 2.42. The quantitative estimate of drug-likeness (QED) is 0.836. The number of nitrogens with two attached hydrogens (primary N) is 1. The first-order chi connectivity index (χ1) is 9.64. The summed E-state index contributed by atoms with van der Waals surface area (Å²) in [7, 11) is 2.74. The third-order valence-electron chi connectivity index (χ3n) is 3.08. The summed E-state index contributed by atoms with van der Waals surface area (Å²) in [5, 5.41) is 2.14. The molecule has 118 valence electrons. The van der Waals surface area contributed by atoms with Crippen molar-refractivity contribution in [2.24, 2.45) is 5.73 Å². The van der Waals surface area contributed by atoms with Crippen LogP contribution in [-0.4, -0.2) is 32.8 Å². The molecular weight excluding hydrogens is 289 g/mol. The van der Waals surface area contributed by atoms with Gasteiger partial charge in [0, 0.05) is 5.56 Å². The van der Waals surface area contributed by atoms with E-state index in [1.807, 2.05) is 0 Å². The van der Waals surface area contributed by atoms with Crippen molar-refractivity contribution < 1.29 is 27.4 Å². The number of primary amides is 1. The summed E-state index contributed by atoms with van der Waals surface area (Å²) in [6, 6.07) is 4.46. The Kier molecular flexibility index (Phi) is 5.06. The predicted molar refractivity (Wildman–Crippen MR) is 70.2 cm³/mol. The van der Waals surface area contributed by atoms with E-state index in [1.165, 1.54) is 33.3 Å². The first-order valence-electron chi connectivity index (χ1n) is 5.98. The van der Waals surface area contributed by atoms with Crippen LogP contribution in [0, 0.1) is 0 Å². The van der Waals surface area contributed by atoms with Crippen molar-refractivity contribution in [3.63, 3.8) is 0 Å². The maximum absolute atomic E-state index is 12.4. The summed E-state index contributed by atoms with van der Waals surface area (Å²) < 4.78 is 47.4. The van der Waals surface area contributed by atoms with Gasteiger partial charge in [0.15, 0.2) is 0 Å². The minimum absolute atomic E-state index is 0.168. The molecular formula is C13H17F3N2O3. The fourth-order valence-electron chi connectivity index (χ4n) is 1.80. The molecule has 1 atom stereocenters. The molecule has 1 rings (SSSR count). The van der Waals surface area contributed by atoms with Crippen molar-refractivity contribution >= 4 is 5.91 Å². The lowest BCUT2D eigenvalue weighted by molar-refractivity contribution is -0.135. The van der Waals surface area contributed by atoms with Gasteiger partial charge in [-0.1, -0.05) is 0 Å². The highest BCUT2D eigenvalue weighted by Crippen LogP contribution is 2.33. The normalized spacial score (nSPS) is 14.4. The third-order valence-corrected chi connectivity index (χ3v) is 3.08. The zero-order chi connectivity index (χ0) is 16.3. The van der Waals surface area contributed by atoms with Crippen molar-refractivity contribution in [2.45, 2.75) is 18.6 Å². The number of benzene rings is 1. The highest BCUT2D eigenvalue weighted by atomic mass is 19.4. The Balaban J connectivity index is 3.29. The minimum Gasteiger partial charge on any atom is -0.497 e. The molecule has 0 aliphatic heterocycles. The SMILES string of the molecule is COc1ccc(OC)c(C(C)(NCC(F)(F)F)C(N)=O)c1. The van der Waals surface area contributed by atoms with Crippen LogP contribution in [-0.2, 0) is 10.3 Å². The summed E-state index contributed by atoms with van der Waals surface area (Å²) in [4.78, 5) is 11.7. The van der Waals surface area contributed by atoms with E-state index in [2.05, 4.69) is 5.32 Å². The van der Waals surface area contributed by atoms with Crippen LogP contribution in [0.4, 0.5) is 13.2 Å². The smallest absolute Gasteiger partial charge is 0.401 e. The zero-order valence-corrected chi connectivity index (χ0v) is 11.9. The summed E-state index contributed by atoms with van der Waals surface area (Å²) >= 11 is 0. The molecule has 0 fully saturated rings. The number of rotatable bonds is 6. The monoisotopic (exact) mass is 306 g/mol. The van der Waals surface area contributed by atoms with Gasteiger partial charge in [0.1, 0.15) is 17.0 Å². The molecule has 21 heavy (non-hydrogen) atoms. The van der Waals surface area contributed by atoms with Gasteiger partial charge in [-0.05, 0) is 25.1 Å². The van der Waals surface area contributed by atoms with Gasteiger partial charge in [0.2, 0.25) is 5.91 Å². The second-order valence-electron chi connectivity index (χ2n) is 4.52. The average molecular weight is 306 g/mol. The molecule has 1 amide bonds. The Labute approximate surface area is 120 Å². The number of amides is 1. The van der Waals surface area contributed by atoms with Gasteiger partial charge in [-0.3, -0.25) is 10.1 Å². The molecule has 0 bridgehead atoms. The van der Waals surface area contributed by atoms with Gasteiger partial charge in [-0.15, -0.1) is 0 Å². The fourth-order valence-corrected chi connectivity index (χ4v) is 1.80. The van der Waals surface area contributed by atoms with Crippen LogP contribution < -0.4 is 20.5 Å². The van der Waals surface area contributed by atoms with Gasteiger partial charge < -0.3 is 15.2 Å². The maximum Gasteiger partial charge on any atom is 0.401 e. The summed E-state index contributed by atoms with van der Waals surface area (Å²) in [6.07, 6.45) is -4.48. The molecule has 0 aliphatic rings. The van der Waals surface area contributed by atoms with Crippen LogP contribution >= 0.6 is 0 Å². The Morgan fingerprint density at radius 1 is 1.29 bits per heavy atom. The Morgan fingerprint density at radius 3 is 2.33 bits per heavy atom. The molecule has 3 N–H and O–H groups in total. The topological polar surface area (TPSA) is 73.6 Å². The van der Waals surface area contributed by atoms with Gasteiger partial charge in [-0.2, -0.15) is 13.2 Å². The van der Waals surface area contributed by atoms with E-state index in [0.717, 1.165) is 0 Å². The van der Waals surface area contributed by atoms with Crippen molar-refractivity contribution in [1.82, 2.24) is 5.32 Å². The van der Waals surface area contributed by atoms with Gasteiger partial charge in [-0.25, -0.2) is 0 Å². The standard InChI is InChI=1S/C13H17F3N2O3/c1-12(11(17)19,18-7-13(14,15)16)9-6-8(20-2)4-5-10(9)21-3/h4-6,18H,7H2,1-3H3,(H2,17,19). The molecule has 8 heteroatoms. The first kappa shape index (κ1) is 17.1. The van der Waals surface area contributed by atoms with Crippen LogP contribution in [0.3, 0.4) is 0 Å². The number of ether oxygens (including phenoxy) is 2. The molecule has 0 heterocycles. The molecule has 0 saturated carbocycles. The third kappa shape index (κ3) is 4.01. The molecule has 0 saturated heterocycles. The van der Waals surface area contributed by atoms with E-state index in [1.54, 1.807) is 6.07 Å². The number of methoxy groups -OCH3 is 2. The van der Waals surface area contributed by atoms with Crippen LogP contribution in [0.5, 0.6) is 11.5 Å². The van der Waals surface area contributed by atoms with E-state index >= 15 is 0 Å². The molecule has 0 aromatic heterocycles. The van der Waals surface area contributed by atoms with Crippen LogP contribution in [0.15, 0.2) is 18.2 Å². The number of alkyl halides is 3. The molecule has 1 aromatic carbocycles. The molecule has 5 nitrogen and oxygen atoms in total. The molecule has 0 aliphatic carbocycles. The lowest BCUT2D eigenvalue weighted by Gasteiger charge is -2.30. The van der Waals surface area contributed by atoms with E-state index in [0.29, 0.717) is 5.75 Å². The van der Waals surface area contributed by atoms with Gasteiger partial charge >= 0.3 is 6.18 Å². The fraction of sp³-hybridized carbons (Fsp3) is 0.462. The zero-order valence-electron chi connectivity index (χ0n) is 11.9. The molecule has 1 unspecified atom stereocenters. The van der Waals surface area contributed by atoms with Crippen molar-refractivity contribution in [2.75, 3.05) is 20.8 Å². The highest BCUT2D eigenvalue weighted by Gasteiger charge is 2.40. The van der Waals surface area contributed by atoms with E-state index < -0.39 is 24.2 Å². The minimum atomic E-state index is -4.48. The second-order valence-corrected chi connectivity index (χ2v) is 4.52. The van der Waals surface area contributed by atoms with E-state index in [-0.39, 0.29) is 11.3 Å². The lowest BCUT2D eigenvalue weighted by atomic mass is 9.90. The Morgan fingerprint density at radius 2 is 1.90 bits per heavy atom. The van der Waals surface area contributed by atoms with Crippen molar-refractivity contribution in [1.29, 1.82) is 0 Å². The van der Waals surface area contributed by atoms with E-state index in [9.17, 15) is 18.0 Å². The molecule has 0 spiro atoms. The number of hydrogen-bond donors (Lipinski definition) is 2. The Hall–Kier alpha value is -1.96. The largest absolute Gasteiger partial charge is 0.497 e. The first-order valence-corrected chi connectivity index (χ1v) is 5.98. The van der Waals surface area contributed by atoms with Crippen LogP contribution in [0.1, 0.15) is 12.5 Å². The summed E-state index contributed by atoms with van der Waals surface area (Å²) in [6.45, 7) is -0.106. The molecule has 0 radical (unpaired) electrons.